The fraction of sp³-hybridized carbons (Fsp3) is 0.235. The molecule has 1 aromatic heterocycles. The van der Waals surface area contributed by atoms with Gasteiger partial charge in [-0.25, -0.2) is 4.98 Å². The Labute approximate surface area is 130 Å². The van der Waals surface area contributed by atoms with Crippen molar-refractivity contribution in [3.05, 3.63) is 53.3 Å². The third-order valence-corrected chi connectivity index (χ3v) is 3.56. The Morgan fingerprint density at radius 3 is 2.73 bits per heavy atom. The first-order valence-corrected chi connectivity index (χ1v) is 6.94. The highest BCUT2D eigenvalue weighted by Crippen LogP contribution is 2.18. The fourth-order valence-corrected chi connectivity index (χ4v) is 2.06. The zero-order valence-corrected chi connectivity index (χ0v) is 12.9. The Bertz CT molecular complexity index is 716. The first-order chi connectivity index (χ1) is 10.5. The van der Waals surface area contributed by atoms with E-state index in [1.165, 1.54) is 0 Å². The zero-order chi connectivity index (χ0) is 16.1. The molecule has 0 bridgehead atoms. The lowest BCUT2D eigenvalue weighted by Gasteiger charge is -2.19. The van der Waals surface area contributed by atoms with Crippen molar-refractivity contribution in [2.45, 2.75) is 13.8 Å². The number of aryl methyl sites for hydroxylation is 1. The molecule has 0 radical (unpaired) electrons. The molecular formula is C17H18N4O. The van der Waals surface area contributed by atoms with E-state index in [1.54, 1.807) is 23.2 Å². The van der Waals surface area contributed by atoms with Crippen LogP contribution in [0, 0.1) is 25.2 Å². The summed E-state index contributed by atoms with van der Waals surface area (Å²) >= 11 is 0. The second-order valence-electron chi connectivity index (χ2n) is 5.17. The van der Waals surface area contributed by atoms with Crippen LogP contribution in [0.1, 0.15) is 16.8 Å². The predicted molar refractivity (Wildman–Crippen MR) is 86.8 cm³/mol. The number of hydrogen-bond donors (Lipinski definition) is 1. The van der Waals surface area contributed by atoms with E-state index in [0.717, 1.165) is 22.5 Å². The molecule has 0 saturated carbocycles. The maximum atomic E-state index is 12.2. The fourth-order valence-electron chi connectivity index (χ4n) is 2.06. The van der Waals surface area contributed by atoms with Crippen molar-refractivity contribution < 1.29 is 4.79 Å². The minimum Gasteiger partial charge on any atom is -0.364 e. The average molecular weight is 294 g/mol. The van der Waals surface area contributed by atoms with Gasteiger partial charge >= 0.3 is 0 Å². The van der Waals surface area contributed by atoms with Gasteiger partial charge in [0.1, 0.15) is 11.8 Å². The average Bonchev–Trinajstić information content (AvgIpc) is 2.52. The Morgan fingerprint density at radius 2 is 2.09 bits per heavy atom. The van der Waals surface area contributed by atoms with E-state index in [9.17, 15) is 4.79 Å². The molecule has 112 valence electrons. The van der Waals surface area contributed by atoms with Crippen molar-refractivity contribution in [3.63, 3.8) is 0 Å². The van der Waals surface area contributed by atoms with E-state index < -0.39 is 0 Å². The summed E-state index contributed by atoms with van der Waals surface area (Å²) in [6.07, 6.45) is 1.59. The number of aromatic nitrogens is 1. The number of anilines is 2. The summed E-state index contributed by atoms with van der Waals surface area (Å²) in [5.41, 5.74) is 4.18. The third-order valence-electron chi connectivity index (χ3n) is 3.56. The minimum absolute atomic E-state index is 0.0967. The van der Waals surface area contributed by atoms with Gasteiger partial charge in [0.2, 0.25) is 5.91 Å². The van der Waals surface area contributed by atoms with Crippen LogP contribution in [0.15, 0.2) is 36.5 Å². The van der Waals surface area contributed by atoms with Crippen molar-refractivity contribution in [1.29, 1.82) is 5.26 Å². The highest BCUT2D eigenvalue weighted by atomic mass is 16.2. The summed E-state index contributed by atoms with van der Waals surface area (Å²) in [4.78, 5) is 17.9. The van der Waals surface area contributed by atoms with Crippen molar-refractivity contribution in [3.8, 4) is 6.07 Å². The van der Waals surface area contributed by atoms with Gasteiger partial charge in [0, 0.05) is 12.7 Å². The Kier molecular flexibility index (Phi) is 4.74. The molecule has 0 aliphatic heterocycles. The van der Waals surface area contributed by atoms with Gasteiger partial charge < -0.3 is 10.2 Å². The van der Waals surface area contributed by atoms with E-state index in [4.69, 9.17) is 5.26 Å². The van der Waals surface area contributed by atoms with Crippen molar-refractivity contribution >= 4 is 17.3 Å². The number of carbonyl (C=O) groups is 1. The van der Waals surface area contributed by atoms with Crippen molar-refractivity contribution in [1.82, 2.24) is 4.98 Å². The lowest BCUT2D eigenvalue weighted by atomic mass is 10.1. The Morgan fingerprint density at radius 1 is 1.32 bits per heavy atom. The van der Waals surface area contributed by atoms with E-state index >= 15 is 0 Å². The van der Waals surface area contributed by atoms with Crippen LogP contribution in [0.2, 0.25) is 0 Å². The maximum Gasteiger partial charge on any atom is 0.243 e. The van der Waals surface area contributed by atoms with Crippen LogP contribution in [0.5, 0.6) is 0 Å². The SMILES string of the molecule is Cc1cccc(NC(=O)CN(C)c2ccc(C#N)nc2)c1C. The lowest BCUT2D eigenvalue weighted by molar-refractivity contribution is -0.114. The zero-order valence-electron chi connectivity index (χ0n) is 12.9. The van der Waals surface area contributed by atoms with Gasteiger partial charge in [0.15, 0.2) is 0 Å². The molecule has 0 aliphatic carbocycles. The van der Waals surface area contributed by atoms with Gasteiger partial charge in [-0.05, 0) is 43.2 Å². The minimum atomic E-state index is -0.0967. The number of rotatable bonds is 4. The van der Waals surface area contributed by atoms with Gasteiger partial charge in [-0.15, -0.1) is 0 Å². The molecule has 1 amide bonds. The smallest absolute Gasteiger partial charge is 0.243 e. The number of nitrogens with one attached hydrogen (secondary N) is 1. The van der Waals surface area contributed by atoms with Crippen LogP contribution in [0.25, 0.3) is 0 Å². The maximum absolute atomic E-state index is 12.2. The molecule has 1 aromatic carbocycles. The summed E-state index contributed by atoms with van der Waals surface area (Å²) in [6, 6.07) is 11.2. The number of nitriles is 1. The van der Waals surface area contributed by atoms with E-state index in [-0.39, 0.29) is 12.5 Å². The molecule has 5 nitrogen and oxygen atoms in total. The van der Waals surface area contributed by atoms with Crippen molar-refractivity contribution in [2.75, 3.05) is 23.8 Å². The number of nitrogens with zero attached hydrogens (tertiary/aromatic N) is 3. The van der Waals surface area contributed by atoms with Crippen LogP contribution in [0.4, 0.5) is 11.4 Å². The molecule has 2 aromatic rings. The van der Waals surface area contributed by atoms with Crippen molar-refractivity contribution in [2.24, 2.45) is 0 Å². The van der Waals surface area contributed by atoms with E-state index in [2.05, 4.69) is 10.3 Å². The molecule has 0 aliphatic rings. The van der Waals surface area contributed by atoms with Crippen LogP contribution >= 0.6 is 0 Å². The Balaban J connectivity index is 2.02. The number of amides is 1. The van der Waals surface area contributed by atoms with E-state index in [1.807, 2.05) is 45.2 Å². The monoisotopic (exact) mass is 294 g/mol. The molecule has 0 atom stereocenters. The second-order valence-corrected chi connectivity index (χ2v) is 5.17. The molecule has 1 N–H and O–H groups in total. The summed E-state index contributed by atoms with van der Waals surface area (Å²) < 4.78 is 0. The first-order valence-electron chi connectivity index (χ1n) is 6.94. The summed E-state index contributed by atoms with van der Waals surface area (Å²) in [6.45, 7) is 4.21. The Hall–Kier alpha value is -2.87. The number of carbonyl (C=O) groups excluding carboxylic acids is 1. The lowest BCUT2D eigenvalue weighted by Crippen LogP contribution is -2.30. The first kappa shape index (κ1) is 15.5. The molecular weight excluding hydrogens is 276 g/mol. The van der Waals surface area contributed by atoms with Gasteiger partial charge in [0.05, 0.1) is 18.4 Å². The summed E-state index contributed by atoms with van der Waals surface area (Å²) in [5.74, 6) is -0.0967. The molecule has 0 unspecified atom stereocenters. The number of benzene rings is 1. The van der Waals surface area contributed by atoms with Gasteiger partial charge in [0.25, 0.3) is 0 Å². The van der Waals surface area contributed by atoms with Gasteiger partial charge in [-0.2, -0.15) is 5.26 Å². The van der Waals surface area contributed by atoms with Gasteiger partial charge in [-0.3, -0.25) is 4.79 Å². The summed E-state index contributed by atoms with van der Waals surface area (Å²) in [5, 5.41) is 11.7. The van der Waals surface area contributed by atoms with Crippen LogP contribution in [0.3, 0.4) is 0 Å². The second kappa shape index (κ2) is 6.72. The third kappa shape index (κ3) is 3.61. The highest BCUT2D eigenvalue weighted by molar-refractivity contribution is 5.94. The highest BCUT2D eigenvalue weighted by Gasteiger charge is 2.10. The van der Waals surface area contributed by atoms with Crippen LogP contribution in [-0.4, -0.2) is 24.5 Å². The van der Waals surface area contributed by atoms with Gasteiger partial charge in [-0.1, -0.05) is 12.1 Å². The number of likely N-dealkylation sites (N-methyl/N-ethyl adjacent to an activating group) is 1. The molecule has 5 heteroatoms. The summed E-state index contributed by atoms with van der Waals surface area (Å²) in [7, 11) is 1.81. The molecule has 2 rings (SSSR count). The van der Waals surface area contributed by atoms with Crippen LogP contribution < -0.4 is 10.2 Å². The topological polar surface area (TPSA) is 69.0 Å². The normalized spacial score (nSPS) is 9.91. The molecule has 0 spiro atoms. The molecule has 0 fully saturated rings. The van der Waals surface area contributed by atoms with Crippen LogP contribution in [-0.2, 0) is 4.79 Å². The predicted octanol–water partition coefficient (Wildman–Crippen LogP) is 2.65. The number of pyridine rings is 1. The molecule has 22 heavy (non-hydrogen) atoms. The largest absolute Gasteiger partial charge is 0.364 e. The van der Waals surface area contributed by atoms with E-state index in [0.29, 0.717) is 5.69 Å². The molecule has 1 heterocycles. The number of hydrogen-bond acceptors (Lipinski definition) is 4. The molecule has 0 saturated heterocycles. The quantitative estimate of drug-likeness (QED) is 0.941. The standard InChI is InChI=1S/C17H18N4O/c1-12-5-4-6-16(13(12)2)20-17(22)11-21(3)15-8-7-14(9-18)19-10-15/h4-8,10H,11H2,1-3H3,(H,20,22).